The first-order chi connectivity index (χ1) is 23.4. The lowest BCUT2D eigenvalue weighted by Gasteiger charge is -2.26. The van der Waals surface area contributed by atoms with Gasteiger partial charge in [-0.2, -0.15) is 13.2 Å². The van der Waals surface area contributed by atoms with Crippen molar-refractivity contribution in [2.24, 2.45) is 11.8 Å². The SMILES string of the molecule is Cc1cccc(C)c1-c1cc(C#CC2CC(O)C2)nc([C@H](CC(=O)O)NC(=O)[C@H](CC(C)C)n2cc(CCN(C)C)c(C(F)(F)F)cc2=O)c1. The minimum absolute atomic E-state index is 0.00456. The fraction of sp³-hybridized carbons (Fsp3) is 0.474. The molecule has 0 spiro atoms. The molecule has 1 amide bonds. The lowest BCUT2D eigenvalue weighted by atomic mass is 9.83. The molecule has 12 heteroatoms. The Labute approximate surface area is 290 Å². The Morgan fingerprint density at radius 2 is 1.78 bits per heavy atom. The van der Waals surface area contributed by atoms with E-state index in [1.807, 2.05) is 45.9 Å². The van der Waals surface area contributed by atoms with Gasteiger partial charge in [-0.15, -0.1) is 0 Å². The molecule has 0 unspecified atom stereocenters. The number of likely N-dealkylation sites (N-methyl/N-ethyl adjacent to an activating group) is 1. The maximum atomic E-state index is 14.1. The van der Waals surface area contributed by atoms with Gasteiger partial charge in [0.15, 0.2) is 0 Å². The van der Waals surface area contributed by atoms with Crippen LogP contribution in [0.5, 0.6) is 0 Å². The van der Waals surface area contributed by atoms with E-state index in [4.69, 9.17) is 0 Å². The van der Waals surface area contributed by atoms with E-state index in [2.05, 4.69) is 22.1 Å². The summed E-state index contributed by atoms with van der Waals surface area (Å²) in [6.45, 7) is 7.81. The van der Waals surface area contributed by atoms with Crippen LogP contribution in [0.3, 0.4) is 0 Å². The molecule has 0 saturated heterocycles. The van der Waals surface area contributed by atoms with Gasteiger partial charge in [0.25, 0.3) is 5.56 Å². The molecule has 1 fully saturated rings. The van der Waals surface area contributed by atoms with Gasteiger partial charge in [-0.25, -0.2) is 4.98 Å². The number of alkyl halides is 3. The predicted molar refractivity (Wildman–Crippen MR) is 184 cm³/mol. The molecular weight excluding hydrogens is 649 g/mol. The molecule has 1 saturated carbocycles. The number of amides is 1. The van der Waals surface area contributed by atoms with Crippen molar-refractivity contribution in [2.45, 2.75) is 84.2 Å². The van der Waals surface area contributed by atoms with E-state index in [0.717, 1.165) is 33.0 Å². The fourth-order valence-corrected chi connectivity index (χ4v) is 6.20. The van der Waals surface area contributed by atoms with Crippen molar-refractivity contribution in [3.05, 3.63) is 86.6 Å². The first-order valence-corrected chi connectivity index (χ1v) is 16.7. The second kappa shape index (κ2) is 16.0. The van der Waals surface area contributed by atoms with Gasteiger partial charge in [-0.3, -0.25) is 14.4 Å². The summed E-state index contributed by atoms with van der Waals surface area (Å²) in [7, 11) is 3.44. The van der Waals surface area contributed by atoms with Crippen molar-refractivity contribution >= 4 is 11.9 Å². The maximum Gasteiger partial charge on any atom is 0.416 e. The average Bonchev–Trinajstić information content (AvgIpc) is 2.99. The Morgan fingerprint density at radius 1 is 1.12 bits per heavy atom. The summed E-state index contributed by atoms with van der Waals surface area (Å²) in [5.41, 5.74) is 1.97. The molecule has 268 valence electrons. The molecule has 50 heavy (non-hydrogen) atoms. The number of carboxylic acid groups (broad SMARTS) is 1. The highest BCUT2D eigenvalue weighted by Gasteiger charge is 2.36. The van der Waals surface area contributed by atoms with Crippen LogP contribution >= 0.6 is 0 Å². The minimum Gasteiger partial charge on any atom is -0.481 e. The number of hydrogen-bond acceptors (Lipinski definition) is 6. The molecular formula is C38H45F3N4O5. The van der Waals surface area contributed by atoms with Crippen LogP contribution in [0.15, 0.2) is 47.4 Å². The van der Waals surface area contributed by atoms with Crippen LogP contribution in [-0.4, -0.2) is 63.3 Å². The van der Waals surface area contributed by atoms with Gasteiger partial charge in [0, 0.05) is 24.7 Å². The quantitative estimate of drug-likeness (QED) is 0.208. The summed E-state index contributed by atoms with van der Waals surface area (Å²) in [5, 5.41) is 22.4. The van der Waals surface area contributed by atoms with Gasteiger partial charge in [0.2, 0.25) is 5.91 Å². The molecule has 2 atom stereocenters. The number of aromatic nitrogens is 2. The van der Waals surface area contributed by atoms with E-state index >= 15 is 0 Å². The van der Waals surface area contributed by atoms with Crippen molar-refractivity contribution in [1.29, 1.82) is 0 Å². The Hall–Kier alpha value is -4.47. The fourth-order valence-electron chi connectivity index (χ4n) is 6.20. The van der Waals surface area contributed by atoms with Gasteiger partial charge < -0.3 is 25.0 Å². The van der Waals surface area contributed by atoms with Gasteiger partial charge in [0.05, 0.1) is 29.8 Å². The Balaban J connectivity index is 1.81. The number of benzene rings is 1. The van der Waals surface area contributed by atoms with Gasteiger partial charge in [-0.1, -0.05) is 38.0 Å². The highest BCUT2D eigenvalue weighted by molar-refractivity contribution is 5.82. The second-order valence-corrected chi connectivity index (χ2v) is 13.8. The molecule has 3 N–H and O–H groups in total. The molecule has 0 bridgehead atoms. The number of carbonyl (C=O) groups is 2. The van der Waals surface area contributed by atoms with Crippen LogP contribution < -0.4 is 10.9 Å². The zero-order valence-electron chi connectivity index (χ0n) is 29.3. The molecule has 2 aromatic heterocycles. The largest absolute Gasteiger partial charge is 0.481 e. The molecule has 2 heterocycles. The van der Waals surface area contributed by atoms with Crippen LogP contribution in [0, 0.1) is 37.5 Å². The Morgan fingerprint density at radius 3 is 2.34 bits per heavy atom. The first-order valence-electron chi connectivity index (χ1n) is 16.7. The molecule has 1 aliphatic carbocycles. The van der Waals surface area contributed by atoms with Crippen LogP contribution in [0.1, 0.15) is 85.3 Å². The monoisotopic (exact) mass is 694 g/mol. The number of carbonyl (C=O) groups excluding carboxylic acids is 1. The van der Waals surface area contributed by atoms with E-state index in [0.29, 0.717) is 24.6 Å². The number of aryl methyl sites for hydroxylation is 2. The van der Waals surface area contributed by atoms with Crippen LogP contribution in [0.2, 0.25) is 0 Å². The highest BCUT2D eigenvalue weighted by Crippen LogP contribution is 2.33. The maximum absolute atomic E-state index is 14.1. The molecule has 9 nitrogen and oxygen atoms in total. The molecule has 0 radical (unpaired) electrons. The van der Waals surface area contributed by atoms with Crippen LogP contribution in [0.25, 0.3) is 11.1 Å². The minimum atomic E-state index is -4.77. The topological polar surface area (TPSA) is 125 Å². The molecule has 3 aromatic rings. The number of pyridine rings is 2. The van der Waals surface area contributed by atoms with Gasteiger partial charge >= 0.3 is 12.1 Å². The number of aliphatic hydroxyl groups is 1. The third-order valence-electron chi connectivity index (χ3n) is 8.81. The summed E-state index contributed by atoms with van der Waals surface area (Å²) in [6.07, 6.45) is -3.43. The summed E-state index contributed by atoms with van der Waals surface area (Å²) < 4.78 is 43.0. The molecule has 1 aliphatic rings. The van der Waals surface area contributed by atoms with Crippen molar-refractivity contribution in [1.82, 2.24) is 19.8 Å². The normalized spacial score (nSPS) is 17.1. The highest BCUT2D eigenvalue weighted by atomic mass is 19.4. The van der Waals surface area contributed by atoms with Crippen LogP contribution in [0.4, 0.5) is 13.2 Å². The average molecular weight is 695 g/mol. The van der Waals surface area contributed by atoms with Crippen molar-refractivity contribution in [2.75, 3.05) is 20.6 Å². The number of aliphatic hydroxyl groups excluding tert-OH is 1. The smallest absolute Gasteiger partial charge is 0.416 e. The third-order valence-corrected chi connectivity index (χ3v) is 8.81. The first kappa shape index (κ1) is 38.3. The van der Waals surface area contributed by atoms with Crippen molar-refractivity contribution in [3.8, 4) is 23.0 Å². The molecule has 1 aromatic carbocycles. The lowest BCUT2D eigenvalue weighted by molar-refractivity contribution is -0.139. The van der Waals surface area contributed by atoms with E-state index in [1.54, 1.807) is 31.1 Å². The predicted octanol–water partition coefficient (Wildman–Crippen LogP) is 5.69. The summed E-state index contributed by atoms with van der Waals surface area (Å²) in [6, 6.07) is 7.48. The van der Waals surface area contributed by atoms with Crippen molar-refractivity contribution < 1.29 is 33.0 Å². The molecule has 0 aliphatic heterocycles. The number of aliphatic carboxylic acids is 1. The molecule has 4 rings (SSSR count). The number of hydrogen-bond donors (Lipinski definition) is 3. The van der Waals surface area contributed by atoms with Crippen LogP contribution in [-0.2, 0) is 22.2 Å². The standard InChI is InChI=1S/C38H45F3N4O5/c1-22(2)14-33(45-21-26(12-13-44(5)6)30(19-34(45)47)38(39,40)41)37(50)43-32(20-35(48)49)31-18-27(36-23(3)8-7-9-24(36)4)17-28(42-31)11-10-25-15-29(46)16-25/h7-9,17-19,21-22,25,29,32-33,46H,12-16,20H2,1-6H3,(H,43,50)(H,48,49)/t25?,29?,32-,33-/m0/s1. The number of nitrogens with one attached hydrogen (secondary N) is 1. The van der Waals surface area contributed by atoms with E-state index in [1.165, 1.54) is 0 Å². The Bertz CT molecular complexity index is 1810. The summed E-state index contributed by atoms with van der Waals surface area (Å²) in [5.74, 6) is 4.10. The van der Waals surface area contributed by atoms with Gasteiger partial charge in [-0.05, 0) is 105 Å². The zero-order valence-corrected chi connectivity index (χ0v) is 29.3. The van der Waals surface area contributed by atoms with Crippen molar-refractivity contribution in [3.63, 3.8) is 0 Å². The second-order valence-electron chi connectivity index (χ2n) is 13.8. The lowest BCUT2D eigenvalue weighted by Crippen LogP contribution is -2.41. The summed E-state index contributed by atoms with van der Waals surface area (Å²) in [4.78, 5) is 46.0. The van der Waals surface area contributed by atoms with E-state index in [9.17, 15) is 37.8 Å². The number of carboxylic acids is 1. The summed E-state index contributed by atoms with van der Waals surface area (Å²) >= 11 is 0. The van der Waals surface area contributed by atoms with E-state index < -0.39 is 53.8 Å². The zero-order chi connectivity index (χ0) is 36.9. The van der Waals surface area contributed by atoms with Gasteiger partial charge in [0.1, 0.15) is 11.7 Å². The Kier molecular flexibility index (Phi) is 12.3. The number of nitrogens with zero attached hydrogens (tertiary/aromatic N) is 3. The number of halogens is 3. The number of rotatable bonds is 12. The van der Waals surface area contributed by atoms with E-state index in [-0.39, 0.29) is 42.5 Å². The third kappa shape index (κ3) is 9.82.